The Morgan fingerprint density at radius 3 is 2.38 bits per heavy atom. The number of rotatable bonds is 2. The fraction of sp³-hybridized carbons (Fsp3) is 0.100. The van der Waals surface area contributed by atoms with E-state index in [0.717, 1.165) is 0 Å². The van der Waals surface area contributed by atoms with Gasteiger partial charge in [0.15, 0.2) is 5.82 Å². The summed E-state index contributed by atoms with van der Waals surface area (Å²) < 4.78 is 37.9. The zero-order valence-corrected chi connectivity index (χ0v) is 8.05. The van der Waals surface area contributed by atoms with Crippen LogP contribution in [-0.2, 0) is 0 Å². The maximum atomic E-state index is 12.7. The number of nitrogen functional groups attached to an aromatic ring is 1. The number of H-pyrrole nitrogens is 1. The van der Waals surface area contributed by atoms with Gasteiger partial charge in [-0.15, -0.1) is 0 Å². The van der Waals surface area contributed by atoms with Crippen molar-refractivity contribution in [3.8, 4) is 11.1 Å². The number of aromatic amines is 1. The summed E-state index contributed by atoms with van der Waals surface area (Å²) in [5.41, 5.74) is 5.65. The zero-order chi connectivity index (χ0) is 11.7. The molecule has 1 heterocycles. The van der Waals surface area contributed by atoms with Crippen LogP contribution in [0, 0.1) is 5.82 Å². The van der Waals surface area contributed by atoms with Crippen molar-refractivity contribution in [1.82, 2.24) is 10.2 Å². The van der Waals surface area contributed by atoms with Gasteiger partial charge in [-0.1, -0.05) is 12.1 Å². The quantitative estimate of drug-likeness (QED) is 0.828. The van der Waals surface area contributed by atoms with Crippen LogP contribution in [-0.4, -0.2) is 10.2 Å². The van der Waals surface area contributed by atoms with Gasteiger partial charge in [-0.3, -0.25) is 5.10 Å². The van der Waals surface area contributed by atoms with Gasteiger partial charge in [0.05, 0.1) is 5.56 Å². The summed E-state index contributed by atoms with van der Waals surface area (Å²) in [7, 11) is 0. The number of aromatic nitrogens is 2. The maximum absolute atomic E-state index is 12.7. The predicted molar refractivity (Wildman–Crippen MR) is 53.4 cm³/mol. The highest BCUT2D eigenvalue weighted by Crippen LogP contribution is 2.33. The topological polar surface area (TPSA) is 54.7 Å². The van der Waals surface area contributed by atoms with Crippen molar-refractivity contribution in [3.05, 3.63) is 35.8 Å². The molecular weight excluding hydrogens is 219 g/mol. The van der Waals surface area contributed by atoms with Gasteiger partial charge in [0.2, 0.25) is 0 Å². The molecule has 0 aliphatic rings. The van der Waals surface area contributed by atoms with E-state index in [1.807, 2.05) is 0 Å². The molecule has 16 heavy (non-hydrogen) atoms. The normalized spacial score (nSPS) is 11.0. The van der Waals surface area contributed by atoms with E-state index in [9.17, 15) is 13.2 Å². The molecule has 2 aromatic rings. The van der Waals surface area contributed by atoms with E-state index in [2.05, 4.69) is 10.2 Å². The molecule has 0 spiro atoms. The van der Waals surface area contributed by atoms with Gasteiger partial charge in [0.25, 0.3) is 6.43 Å². The fourth-order valence-corrected chi connectivity index (χ4v) is 1.45. The number of anilines is 1. The second-order valence-corrected chi connectivity index (χ2v) is 3.21. The highest BCUT2D eigenvalue weighted by molar-refractivity contribution is 5.76. The molecule has 0 saturated carbocycles. The Bertz CT molecular complexity index is 491. The third-order valence-electron chi connectivity index (χ3n) is 2.17. The number of nitrogens with two attached hydrogens (primary N) is 1. The van der Waals surface area contributed by atoms with Gasteiger partial charge < -0.3 is 5.73 Å². The van der Waals surface area contributed by atoms with E-state index in [-0.39, 0.29) is 17.1 Å². The first-order valence-electron chi connectivity index (χ1n) is 4.47. The highest BCUT2D eigenvalue weighted by Gasteiger charge is 2.20. The second kappa shape index (κ2) is 3.88. The van der Waals surface area contributed by atoms with Gasteiger partial charge in [-0.2, -0.15) is 5.10 Å². The standard InChI is InChI=1S/C10H8F3N3/c11-6-3-1-5(2-4-6)7-8(9(12)13)15-16-10(7)14/h1-4,9H,(H3,14,15,16). The summed E-state index contributed by atoms with van der Waals surface area (Å²) in [6.07, 6.45) is -2.70. The lowest BCUT2D eigenvalue weighted by Crippen LogP contribution is -1.91. The number of nitrogens with one attached hydrogen (secondary N) is 1. The molecule has 0 atom stereocenters. The lowest BCUT2D eigenvalue weighted by atomic mass is 10.1. The van der Waals surface area contributed by atoms with Crippen LogP contribution in [0.15, 0.2) is 24.3 Å². The molecule has 84 valence electrons. The van der Waals surface area contributed by atoms with Gasteiger partial charge in [0.1, 0.15) is 11.5 Å². The molecule has 0 unspecified atom stereocenters. The lowest BCUT2D eigenvalue weighted by Gasteiger charge is -2.03. The summed E-state index contributed by atoms with van der Waals surface area (Å²) in [5.74, 6) is -0.466. The van der Waals surface area contributed by atoms with E-state index in [0.29, 0.717) is 5.56 Å². The number of halogens is 3. The average Bonchev–Trinajstić information content (AvgIpc) is 2.62. The molecule has 3 nitrogen and oxygen atoms in total. The zero-order valence-electron chi connectivity index (χ0n) is 8.05. The van der Waals surface area contributed by atoms with Gasteiger partial charge >= 0.3 is 0 Å². The molecule has 0 aliphatic heterocycles. The van der Waals surface area contributed by atoms with Crippen molar-refractivity contribution in [2.75, 3.05) is 5.73 Å². The summed E-state index contributed by atoms with van der Waals surface area (Å²) in [4.78, 5) is 0. The summed E-state index contributed by atoms with van der Waals surface area (Å²) in [5, 5.41) is 5.68. The number of benzene rings is 1. The van der Waals surface area contributed by atoms with Crippen LogP contribution >= 0.6 is 0 Å². The number of hydrogen-bond acceptors (Lipinski definition) is 2. The van der Waals surface area contributed by atoms with Crippen LogP contribution in [0.2, 0.25) is 0 Å². The highest BCUT2D eigenvalue weighted by atomic mass is 19.3. The fourth-order valence-electron chi connectivity index (χ4n) is 1.45. The minimum atomic E-state index is -2.70. The van der Waals surface area contributed by atoms with E-state index in [1.54, 1.807) is 0 Å². The Hall–Kier alpha value is -1.98. The van der Waals surface area contributed by atoms with Crippen molar-refractivity contribution in [2.24, 2.45) is 0 Å². The summed E-state index contributed by atoms with van der Waals surface area (Å²) in [6, 6.07) is 5.11. The smallest absolute Gasteiger partial charge is 0.280 e. The number of alkyl halides is 2. The maximum Gasteiger partial charge on any atom is 0.280 e. The molecule has 3 N–H and O–H groups in total. The lowest BCUT2D eigenvalue weighted by molar-refractivity contribution is 0.146. The largest absolute Gasteiger partial charge is 0.382 e. The van der Waals surface area contributed by atoms with Crippen molar-refractivity contribution in [3.63, 3.8) is 0 Å². The Kier molecular flexibility index (Phi) is 2.55. The summed E-state index contributed by atoms with van der Waals surface area (Å²) in [6.45, 7) is 0. The van der Waals surface area contributed by atoms with E-state index < -0.39 is 12.2 Å². The van der Waals surface area contributed by atoms with Crippen LogP contribution in [0.1, 0.15) is 12.1 Å². The van der Waals surface area contributed by atoms with Crippen LogP contribution in [0.4, 0.5) is 19.0 Å². The van der Waals surface area contributed by atoms with Crippen molar-refractivity contribution in [2.45, 2.75) is 6.43 Å². The van der Waals surface area contributed by atoms with Gasteiger partial charge in [0, 0.05) is 0 Å². The van der Waals surface area contributed by atoms with Crippen molar-refractivity contribution >= 4 is 5.82 Å². The average molecular weight is 227 g/mol. The van der Waals surface area contributed by atoms with Crippen LogP contribution in [0.5, 0.6) is 0 Å². The van der Waals surface area contributed by atoms with E-state index >= 15 is 0 Å². The van der Waals surface area contributed by atoms with Gasteiger partial charge in [-0.05, 0) is 17.7 Å². The number of hydrogen-bond donors (Lipinski definition) is 2. The third-order valence-corrected chi connectivity index (χ3v) is 2.17. The van der Waals surface area contributed by atoms with Crippen molar-refractivity contribution < 1.29 is 13.2 Å². The second-order valence-electron chi connectivity index (χ2n) is 3.21. The van der Waals surface area contributed by atoms with Gasteiger partial charge in [-0.25, -0.2) is 13.2 Å². The predicted octanol–water partition coefficient (Wildman–Crippen LogP) is 2.74. The van der Waals surface area contributed by atoms with E-state index in [4.69, 9.17) is 5.73 Å². The molecule has 1 aromatic carbocycles. The molecule has 0 amide bonds. The van der Waals surface area contributed by atoms with E-state index in [1.165, 1.54) is 24.3 Å². The summed E-state index contributed by atoms with van der Waals surface area (Å²) >= 11 is 0. The molecule has 1 aromatic heterocycles. The first kappa shape index (κ1) is 10.5. The molecule has 0 saturated heterocycles. The SMILES string of the molecule is Nc1n[nH]c(C(F)F)c1-c1ccc(F)cc1. The Morgan fingerprint density at radius 1 is 1.19 bits per heavy atom. The Balaban J connectivity index is 2.54. The molecule has 2 rings (SSSR count). The Labute approximate surface area is 89.1 Å². The molecular formula is C10H8F3N3. The van der Waals surface area contributed by atoms with Crippen molar-refractivity contribution in [1.29, 1.82) is 0 Å². The first-order valence-corrected chi connectivity index (χ1v) is 4.47. The third kappa shape index (κ3) is 1.73. The minimum Gasteiger partial charge on any atom is -0.382 e. The minimum absolute atomic E-state index is 0.0260. The van der Waals surface area contributed by atoms with Crippen LogP contribution in [0.3, 0.4) is 0 Å². The monoisotopic (exact) mass is 227 g/mol. The molecule has 0 aliphatic carbocycles. The molecule has 0 fully saturated rings. The molecule has 6 heteroatoms. The first-order chi connectivity index (χ1) is 7.59. The van der Waals surface area contributed by atoms with Crippen LogP contribution < -0.4 is 5.73 Å². The molecule has 0 bridgehead atoms. The molecule has 0 radical (unpaired) electrons. The Morgan fingerprint density at radius 2 is 1.81 bits per heavy atom. The van der Waals surface area contributed by atoms with Crippen LogP contribution in [0.25, 0.3) is 11.1 Å². The number of nitrogens with zero attached hydrogens (tertiary/aromatic N) is 1.